The first-order valence-corrected chi connectivity index (χ1v) is 15.4. The van der Waals surface area contributed by atoms with E-state index in [1.807, 2.05) is 31.5 Å². The van der Waals surface area contributed by atoms with Crippen molar-refractivity contribution in [1.29, 1.82) is 0 Å². The van der Waals surface area contributed by atoms with Crippen LogP contribution in [0.4, 0.5) is 21.2 Å². The summed E-state index contributed by atoms with van der Waals surface area (Å²) in [6, 6.07) is 2.72. The van der Waals surface area contributed by atoms with Crippen molar-refractivity contribution in [2.75, 3.05) is 50.0 Å². The molecule has 5 heterocycles. The third-order valence-corrected chi connectivity index (χ3v) is 8.78. The van der Waals surface area contributed by atoms with Crippen LogP contribution < -0.4 is 10.6 Å². The molecular weight excluding hydrogens is 538 g/mol. The lowest BCUT2D eigenvalue weighted by Crippen LogP contribution is -2.66. The van der Waals surface area contributed by atoms with E-state index in [0.29, 0.717) is 50.6 Å². The van der Waals surface area contributed by atoms with Gasteiger partial charge in [0, 0.05) is 68.4 Å². The number of anilines is 2. The molecule has 2 aromatic rings. The van der Waals surface area contributed by atoms with Gasteiger partial charge < -0.3 is 34.6 Å². The van der Waals surface area contributed by atoms with E-state index in [1.54, 1.807) is 9.80 Å². The molecule has 0 aromatic carbocycles. The zero-order chi connectivity index (χ0) is 29.6. The number of carbonyl (C=O) groups is 2. The summed E-state index contributed by atoms with van der Waals surface area (Å²) in [5.41, 5.74) is 1.60. The standard InChI is InChI=1S/C30H45N7O5/c1-19(2)23-15-31-37-25(12-24(34-26(23)37)32-20-7-10-40-11-8-20)33-21-13-30(14-21)17-36(18-30)27(38)41-22-6-9-35(16-22)28(39)42-29(3,4)5/h12,15,19-22,33H,6-11,13-14,16-18H2,1-5H3,(H,32,34). The second-order valence-corrected chi connectivity index (χ2v) is 13.9. The predicted molar refractivity (Wildman–Crippen MR) is 158 cm³/mol. The Bertz CT molecular complexity index is 1300. The highest BCUT2D eigenvalue weighted by molar-refractivity contribution is 5.71. The zero-order valence-electron chi connectivity index (χ0n) is 25.5. The van der Waals surface area contributed by atoms with Crippen LogP contribution in [0.3, 0.4) is 0 Å². The Labute approximate surface area is 247 Å². The van der Waals surface area contributed by atoms with Gasteiger partial charge in [0.15, 0.2) is 5.65 Å². The number of rotatable bonds is 6. The van der Waals surface area contributed by atoms with Gasteiger partial charge in [0.25, 0.3) is 0 Å². The molecular formula is C30H45N7O5. The van der Waals surface area contributed by atoms with Gasteiger partial charge in [-0.1, -0.05) is 13.8 Å². The van der Waals surface area contributed by atoms with Crippen molar-refractivity contribution in [3.63, 3.8) is 0 Å². The summed E-state index contributed by atoms with van der Waals surface area (Å²) in [4.78, 5) is 33.5. The van der Waals surface area contributed by atoms with E-state index < -0.39 is 5.60 Å². The molecule has 2 amide bonds. The van der Waals surface area contributed by atoms with E-state index in [9.17, 15) is 9.59 Å². The molecule has 4 aliphatic rings. The predicted octanol–water partition coefficient (Wildman–Crippen LogP) is 4.47. The molecule has 3 saturated heterocycles. The number of hydrogen-bond donors (Lipinski definition) is 2. The number of likely N-dealkylation sites (tertiary alicyclic amines) is 2. The van der Waals surface area contributed by atoms with Gasteiger partial charge in [-0.15, -0.1) is 0 Å². The second kappa shape index (κ2) is 11.1. The quantitative estimate of drug-likeness (QED) is 0.507. The molecule has 1 saturated carbocycles. The summed E-state index contributed by atoms with van der Waals surface area (Å²) in [5, 5.41) is 12.0. The fraction of sp³-hybridized carbons (Fsp3) is 0.733. The van der Waals surface area contributed by atoms with Crippen molar-refractivity contribution < 1.29 is 23.8 Å². The molecule has 1 aliphatic carbocycles. The molecule has 0 bridgehead atoms. The van der Waals surface area contributed by atoms with Gasteiger partial charge in [0.1, 0.15) is 23.3 Å². The number of hydrogen-bond acceptors (Lipinski definition) is 9. The molecule has 2 N–H and O–H groups in total. The molecule has 42 heavy (non-hydrogen) atoms. The van der Waals surface area contributed by atoms with Crippen molar-refractivity contribution in [3.05, 3.63) is 17.8 Å². The molecule has 1 unspecified atom stereocenters. The first-order chi connectivity index (χ1) is 20.0. The summed E-state index contributed by atoms with van der Waals surface area (Å²) in [6.45, 7) is 13.7. The van der Waals surface area contributed by atoms with Crippen molar-refractivity contribution in [3.8, 4) is 0 Å². The van der Waals surface area contributed by atoms with Crippen LogP contribution in [0.1, 0.15) is 78.2 Å². The Hall–Kier alpha value is -3.28. The van der Waals surface area contributed by atoms with Gasteiger partial charge in [-0.2, -0.15) is 9.61 Å². The second-order valence-electron chi connectivity index (χ2n) is 13.9. The van der Waals surface area contributed by atoms with Gasteiger partial charge in [-0.05, 0) is 52.4 Å². The minimum absolute atomic E-state index is 0.136. The lowest BCUT2D eigenvalue weighted by atomic mass is 9.61. The average molecular weight is 584 g/mol. The maximum Gasteiger partial charge on any atom is 0.410 e. The van der Waals surface area contributed by atoms with E-state index in [2.05, 4.69) is 35.6 Å². The highest BCUT2D eigenvalue weighted by Crippen LogP contribution is 2.49. The molecule has 1 atom stereocenters. The molecule has 4 fully saturated rings. The van der Waals surface area contributed by atoms with Crippen LogP contribution >= 0.6 is 0 Å². The third-order valence-electron chi connectivity index (χ3n) is 8.78. The normalized spacial score (nSPS) is 22.8. The lowest BCUT2D eigenvalue weighted by molar-refractivity contribution is -0.0649. The maximum absolute atomic E-state index is 12.8. The number of nitrogens with zero attached hydrogens (tertiary/aromatic N) is 5. The van der Waals surface area contributed by atoms with Crippen molar-refractivity contribution in [2.45, 2.75) is 96.4 Å². The summed E-state index contributed by atoms with van der Waals surface area (Å²) in [6.07, 6.45) is 5.53. The Morgan fingerprint density at radius 2 is 1.79 bits per heavy atom. The van der Waals surface area contributed by atoms with E-state index in [1.165, 1.54) is 0 Å². The van der Waals surface area contributed by atoms with Gasteiger partial charge >= 0.3 is 12.2 Å². The number of ether oxygens (including phenoxy) is 3. The van der Waals surface area contributed by atoms with E-state index >= 15 is 0 Å². The highest BCUT2D eigenvalue weighted by Gasteiger charge is 2.54. The van der Waals surface area contributed by atoms with Crippen LogP contribution in [-0.2, 0) is 14.2 Å². The number of carbonyl (C=O) groups excluding carboxylic acids is 2. The highest BCUT2D eigenvalue weighted by atomic mass is 16.6. The minimum Gasteiger partial charge on any atom is -0.444 e. The average Bonchev–Trinajstić information content (AvgIpc) is 3.51. The first kappa shape index (κ1) is 28.8. The van der Waals surface area contributed by atoms with Crippen LogP contribution in [-0.4, -0.2) is 99.8 Å². The fourth-order valence-electron chi connectivity index (χ4n) is 6.60. The SMILES string of the molecule is CC(C)c1cnn2c(NC3CC4(C3)CN(C(=O)OC3CCN(C(=O)OC(C)(C)C)C3)C4)cc(NC3CCOCC3)nc12. The molecule has 1 spiro atoms. The lowest BCUT2D eigenvalue weighted by Gasteiger charge is -2.58. The van der Waals surface area contributed by atoms with Gasteiger partial charge in [-0.25, -0.2) is 14.6 Å². The molecule has 0 radical (unpaired) electrons. The summed E-state index contributed by atoms with van der Waals surface area (Å²) >= 11 is 0. The summed E-state index contributed by atoms with van der Waals surface area (Å²) in [7, 11) is 0. The smallest absolute Gasteiger partial charge is 0.410 e. The van der Waals surface area contributed by atoms with E-state index in [-0.39, 0.29) is 23.7 Å². The van der Waals surface area contributed by atoms with Gasteiger partial charge in [0.2, 0.25) is 0 Å². The van der Waals surface area contributed by atoms with Gasteiger partial charge in [0.05, 0.1) is 12.7 Å². The van der Waals surface area contributed by atoms with Gasteiger partial charge in [-0.3, -0.25) is 0 Å². The van der Waals surface area contributed by atoms with Crippen molar-refractivity contribution >= 4 is 29.5 Å². The van der Waals surface area contributed by atoms with E-state index in [4.69, 9.17) is 19.2 Å². The van der Waals surface area contributed by atoms with Crippen LogP contribution in [0.2, 0.25) is 0 Å². The largest absolute Gasteiger partial charge is 0.444 e. The molecule has 12 nitrogen and oxygen atoms in total. The monoisotopic (exact) mass is 583 g/mol. The number of aromatic nitrogens is 3. The Morgan fingerprint density at radius 3 is 2.48 bits per heavy atom. The first-order valence-electron chi connectivity index (χ1n) is 15.4. The molecule has 2 aromatic heterocycles. The maximum atomic E-state index is 12.8. The summed E-state index contributed by atoms with van der Waals surface area (Å²) in [5.74, 6) is 2.12. The molecule has 3 aliphatic heterocycles. The van der Waals surface area contributed by atoms with Crippen molar-refractivity contribution in [2.24, 2.45) is 5.41 Å². The fourth-order valence-corrected chi connectivity index (χ4v) is 6.60. The van der Waals surface area contributed by atoms with Crippen LogP contribution in [0.5, 0.6) is 0 Å². The topological polar surface area (TPSA) is 123 Å². The zero-order valence-corrected chi connectivity index (χ0v) is 25.5. The number of amides is 2. The Kier molecular flexibility index (Phi) is 7.61. The Balaban J connectivity index is 1.02. The third kappa shape index (κ3) is 6.09. The summed E-state index contributed by atoms with van der Waals surface area (Å²) < 4.78 is 18.6. The number of nitrogens with one attached hydrogen (secondary N) is 2. The van der Waals surface area contributed by atoms with Crippen molar-refractivity contribution in [1.82, 2.24) is 24.4 Å². The van der Waals surface area contributed by atoms with E-state index in [0.717, 1.165) is 61.7 Å². The van der Waals surface area contributed by atoms with Crippen LogP contribution in [0.25, 0.3) is 5.65 Å². The molecule has 12 heteroatoms. The minimum atomic E-state index is -0.546. The molecule has 230 valence electrons. The van der Waals surface area contributed by atoms with Crippen LogP contribution in [0.15, 0.2) is 12.3 Å². The molecule has 6 rings (SSSR count). The van der Waals surface area contributed by atoms with Crippen LogP contribution in [0, 0.1) is 5.41 Å². The number of fused-ring (bicyclic) bond motifs is 1. The Morgan fingerprint density at radius 1 is 1.05 bits per heavy atom.